The molecule has 0 atom stereocenters. The lowest BCUT2D eigenvalue weighted by Gasteiger charge is -2.13. The van der Waals surface area contributed by atoms with E-state index in [1.54, 1.807) is 31.4 Å². The van der Waals surface area contributed by atoms with Crippen LogP contribution in [-0.2, 0) is 6.42 Å². The van der Waals surface area contributed by atoms with Gasteiger partial charge >= 0.3 is 0 Å². The van der Waals surface area contributed by atoms with Crippen molar-refractivity contribution in [3.63, 3.8) is 0 Å². The van der Waals surface area contributed by atoms with Gasteiger partial charge in [-0.2, -0.15) is 0 Å². The fourth-order valence-corrected chi connectivity index (χ4v) is 2.98. The highest BCUT2D eigenvalue weighted by atomic mass is 16.5. The van der Waals surface area contributed by atoms with Crippen LogP contribution in [0, 0.1) is 0 Å². The van der Waals surface area contributed by atoms with Crippen LogP contribution in [0.3, 0.4) is 0 Å². The lowest BCUT2D eigenvalue weighted by Crippen LogP contribution is -2.26. The second kappa shape index (κ2) is 7.38. The molecule has 3 aromatic rings. The Hall–Kier alpha value is -2.82. The van der Waals surface area contributed by atoms with Gasteiger partial charge in [0.05, 0.1) is 18.1 Å². The zero-order valence-corrected chi connectivity index (χ0v) is 14.8. The van der Waals surface area contributed by atoms with Gasteiger partial charge < -0.3 is 14.6 Å². The maximum absolute atomic E-state index is 12.2. The van der Waals surface area contributed by atoms with Gasteiger partial charge in [0.25, 0.3) is 5.91 Å². The SMILES string of the molecule is COc1ccc(C(=O)NCCc2nc3ccccc3n2C(C)C)cc1. The van der Waals surface area contributed by atoms with Gasteiger partial charge in [-0.1, -0.05) is 12.1 Å². The Balaban J connectivity index is 1.68. The number of amides is 1. The van der Waals surface area contributed by atoms with Crippen molar-refractivity contribution in [2.45, 2.75) is 26.3 Å². The van der Waals surface area contributed by atoms with Crippen LogP contribution >= 0.6 is 0 Å². The topological polar surface area (TPSA) is 56.1 Å². The number of para-hydroxylation sites is 2. The van der Waals surface area contributed by atoms with Crippen LogP contribution in [0.5, 0.6) is 5.75 Å². The summed E-state index contributed by atoms with van der Waals surface area (Å²) in [5.74, 6) is 1.64. The smallest absolute Gasteiger partial charge is 0.251 e. The van der Waals surface area contributed by atoms with E-state index in [0.717, 1.165) is 22.6 Å². The number of hydrogen-bond acceptors (Lipinski definition) is 3. The number of carbonyl (C=O) groups is 1. The Kier molecular flexibility index (Phi) is 5.03. The van der Waals surface area contributed by atoms with E-state index in [0.29, 0.717) is 24.6 Å². The predicted octanol–water partition coefficient (Wildman–Crippen LogP) is 3.60. The summed E-state index contributed by atoms with van der Waals surface area (Å²) in [6.45, 7) is 4.84. The van der Waals surface area contributed by atoms with Gasteiger partial charge in [-0.3, -0.25) is 4.79 Å². The summed E-state index contributed by atoms with van der Waals surface area (Å²) in [5, 5.41) is 2.96. The quantitative estimate of drug-likeness (QED) is 0.748. The maximum atomic E-state index is 12.2. The van der Waals surface area contributed by atoms with Crippen LogP contribution in [0.2, 0.25) is 0 Å². The van der Waals surface area contributed by atoms with Crippen LogP contribution < -0.4 is 10.1 Å². The Morgan fingerprint density at radius 3 is 2.56 bits per heavy atom. The van der Waals surface area contributed by atoms with Crippen LogP contribution in [0.15, 0.2) is 48.5 Å². The number of fused-ring (bicyclic) bond motifs is 1. The molecule has 1 N–H and O–H groups in total. The third kappa shape index (κ3) is 3.65. The second-order valence-electron chi connectivity index (χ2n) is 6.21. The Morgan fingerprint density at radius 1 is 1.16 bits per heavy atom. The second-order valence-corrected chi connectivity index (χ2v) is 6.21. The number of nitrogens with one attached hydrogen (secondary N) is 1. The normalized spacial score (nSPS) is 11.0. The molecule has 0 aliphatic rings. The fourth-order valence-electron chi connectivity index (χ4n) is 2.98. The molecule has 1 aromatic heterocycles. The van der Waals surface area contributed by atoms with Gasteiger partial charge in [-0.05, 0) is 50.2 Å². The number of nitrogens with zero attached hydrogens (tertiary/aromatic N) is 2. The minimum atomic E-state index is -0.0881. The largest absolute Gasteiger partial charge is 0.497 e. The number of imidazole rings is 1. The molecule has 25 heavy (non-hydrogen) atoms. The van der Waals surface area contributed by atoms with Gasteiger partial charge in [0.2, 0.25) is 0 Å². The Labute approximate surface area is 147 Å². The first-order valence-electron chi connectivity index (χ1n) is 8.48. The van der Waals surface area contributed by atoms with E-state index >= 15 is 0 Å². The number of ether oxygens (including phenoxy) is 1. The molecule has 3 rings (SSSR count). The van der Waals surface area contributed by atoms with Crippen LogP contribution in [0.25, 0.3) is 11.0 Å². The van der Waals surface area contributed by atoms with E-state index in [4.69, 9.17) is 9.72 Å². The summed E-state index contributed by atoms with van der Waals surface area (Å²) in [6, 6.07) is 15.5. The molecule has 0 aliphatic carbocycles. The van der Waals surface area contributed by atoms with Crippen molar-refractivity contribution in [1.29, 1.82) is 0 Å². The molecule has 0 saturated heterocycles. The molecule has 0 unspecified atom stereocenters. The number of benzene rings is 2. The average molecular weight is 337 g/mol. The standard InChI is InChI=1S/C20H23N3O2/c1-14(2)23-18-7-5-4-6-17(18)22-19(23)12-13-21-20(24)15-8-10-16(25-3)11-9-15/h4-11,14H,12-13H2,1-3H3,(H,21,24). The molecular formula is C20H23N3O2. The minimum Gasteiger partial charge on any atom is -0.497 e. The highest BCUT2D eigenvalue weighted by Crippen LogP contribution is 2.21. The molecule has 5 heteroatoms. The first-order chi connectivity index (χ1) is 12.1. The number of rotatable bonds is 6. The summed E-state index contributed by atoms with van der Waals surface area (Å²) in [5.41, 5.74) is 2.75. The first kappa shape index (κ1) is 17.0. The number of carbonyl (C=O) groups excluding carboxylic acids is 1. The Bertz CT molecular complexity index is 866. The third-order valence-corrected chi connectivity index (χ3v) is 4.17. The van der Waals surface area contributed by atoms with Crippen molar-refractivity contribution < 1.29 is 9.53 Å². The highest BCUT2D eigenvalue weighted by molar-refractivity contribution is 5.94. The van der Waals surface area contributed by atoms with E-state index in [-0.39, 0.29) is 5.91 Å². The van der Waals surface area contributed by atoms with Crippen molar-refractivity contribution in [2.75, 3.05) is 13.7 Å². The summed E-state index contributed by atoms with van der Waals surface area (Å²) in [4.78, 5) is 17.0. The predicted molar refractivity (Wildman–Crippen MR) is 99.1 cm³/mol. The maximum Gasteiger partial charge on any atom is 0.251 e. The summed E-state index contributed by atoms with van der Waals surface area (Å²) in [7, 11) is 1.61. The van der Waals surface area contributed by atoms with Crippen LogP contribution in [-0.4, -0.2) is 29.1 Å². The van der Waals surface area contributed by atoms with Crippen LogP contribution in [0.4, 0.5) is 0 Å². The molecule has 0 aliphatic heterocycles. The summed E-state index contributed by atoms with van der Waals surface area (Å²) < 4.78 is 7.34. The molecule has 1 heterocycles. The van der Waals surface area contributed by atoms with Crippen molar-refractivity contribution in [1.82, 2.24) is 14.9 Å². The zero-order valence-electron chi connectivity index (χ0n) is 14.8. The number of hydrogen-bond donors (Lipinski definition) is 1. The third-order valence-electron chi connectivity index (χ3n) is 4.17. The molecule has 0 radical (unpaired) electrons. The Morgan fingerprint density at radius 2 is 1.88 bits per heavy atom. The zero-order chi connectivity index (χ0) is 17.8. The van der Waals surface area contributed by atoms with Gasteiger partial charge in [-0.25, -0.2) is 4.98 Å². The molecule has 0 spiro atoms. The highest BCUT2D eigenvalue weighted by Gasteiger charge is 2.13. The van der Waals surface area contributed by atoms with E-state index in [1.165, 1.54) is 0 Å². The first-order valence-corrected chi connectivity index (χ1v) is 8.48. The van der Waals surface area contributed by atoms with E-state index in [2.05, 4.69) is 29.8 Å². The summed E-state index contributed by atoms with van der Waals surface area (Å²) >= 11 is 0. The lowest BCUT2D eigenvalue weighted by atomic mass is 10.2. The molecular weight excluding hydrogens is 314 g/mol. The van der Waals surface area contributed by atoms with Gasteiger partial charge in [0, 0.05) is 24.6 Å². The number of methoxy groups -OCH3 is 1. The van der Waals surface area contributed by atoms with Gasteiger partial charge in [0.1, 0.15) is 11.6 Å². The van der Waals surface area contributed by atoms with Gasteiger partial charge in [-0.15, -0.1) is 0 Å². The van der Waals surface area contributed by atoms with E-state index in [1.807, 2.05) is 18.2 Å². The molecule has 0 saturated carbocycles. The lowest BCUT2D eigenvalue weighted by molar-refractivity contribution is 0.0954. The molecule has 1 amide bonds. The van der Waals surface area contributed by atoms with Gasteiger partial charge in [0.15, 0.2) is 0 Å². The van der Waals surface area contributed by atoms with Crippen molar-refractivity contribution >= 4 is 16.9 Å². The molecule has 2 aromatic carbocycles. The van der Waals surface area contributed by atoms with E-state index < -0.39 is 0 Å². The molecule has 0 fully saturated rings. The van der Waals surface area contributed by atoms with Crippen molar-refractivity contribution in [3.05, 3.63) is 59.9 Å². The van der Waals surface area contributed by atoms with E-state index in [9.17, 15) is 4.79 Å². The molecule has 0 bridgehead atoms. The molecule has 5 nitrogen and oxygen atoms in total. The molecule has 130 valence electrons. The average Bonchev–Trinajstić information content (AvgIpc) is 3.00. The number of aromatic nitrogens is 2. The fraction of sp³-hybridized carbons (Fsp3) is 0.300. The monoisotopic (exact) mass is 337 g/mol. The van der Waals surface area contributed by atoms with Crippen molar-refractivity contribution in [2.24, 2.45) is 0 Å². The van der Waals surface area contributed by atoms with Crippen molar-refractivity contribution in [3.8, 4) is 5.75 Å². The van der Waals surface area contributed by atoms with Crippen LogP contribution in [0.1, 0.15) is 36.1 Å². The minimum absolute atomic E-state index is 0.0881. The summed E-state index contributed by atoms with van der Waals surface area (Å²) in [6.07, 6.45) is 0.689.